The molecule has 0 radical (unpaired) electrons. The Labute approximate surface area is 115 Å². The maximum atomic E-state index is 9.00. The number of fused-ring (bicyclic) bond motifs is 1. The summed E-state index contributed by atoms with van der Waals surface area (Å²) in [6.07, 6.45) is 2.61. The average molecular weight is 268 g/mol. The van der Waals surface area contributed by atoms with E-state index >= 15 is 0 Å². The Morgan fingerprint density at radius 3 is 3.10 bits per heavy atom. The van der Waals surface area contributed by atoms with Crippen molar-refractivity contribution < 1.29 is 9.47 Å². The van der Waals surface area contributed by atoms with Crippen LogP contribution in [0.25, 0.3) is 0 Å². The molecule has 1 aliphatic rings. The van der Waals surface area contributed by atoms with Crippen molar-refractivity contribution in [2.24, 2.45) is 5.16 Å². The first-order valence-electron chi connectivity index (χ1n) is 6.37. The van der Waals surface area contributed by atoms with Gasteiger partial charge in [0.05, 0.1) is 11.6 Å². The van der Waals surface area contributed by atoms with Gasteiger partial charge < -0.3 is 4.84 Å². The summed E-state index contributed by atoms with van der Waals surface area (Å²) in [5.41, 5.74) is 3.68. The smallest absolute Gasteiger partial charge is 0.155 e. The summed E-state index contributed by atoms with van der Waals surface area (Å²) in [6.45, 7) is 0.258. The fraction of sp³-hybridized carbons (Fsp3) is 0.286. The zero-order valence-electron chi connectivity index (χ0n) is 10.7. The molecule has 6 nitrogen and oxygen atoms in total. The van der Waals surface area contributed by atoms with Crippen molar-refractivity contribution in [3.63, 3.8) is 0 Å². The zero-order chi connectivity index (χ0) is 13.8. The number of nitrogens with zero attached hydrogens (tertiary/aromatic N) is 4. The third kappa shape index (κ3) is 2.38. The van der Waals surface area contributed by atoms with Gasteiger partial charge in [-0.25, -0.2) is 4.63 Å². The third-order valence-electron chi connectivity index (χ3n) is 3.19. The number of oxime groups is 1. The average Bonchev–Trinajstić information content (AvgIpc) is 2.97. The van der Waals surface area contributed by atoms with Gasteiger partial charge in [-0.05, 0) is 30.5 Å². The number of aryl methyl sites for hydroxylation is 1. The van der Waals surface area contributed by atoms with Crippen LogP contribution in [0.4, 0.5) is 0 Å². The molecule has 0 fully saturated rings. The van der Waals surface area contributed by atoms with Gasteiger partial charge in [0.1, 0.15) is 18.0 Å². The molecule has 0 atom stereocenters. The zero-order valence-corrected chi connectivity index (χ0v) is 10.7. The number of hydrogen-bond acceptors (Lipinski definition) is 6. The van der Waals surface area contributed by atoms with Crippen molar-refractivity contribution in [1.82, 2.24) is 10.3 Å². The van der Waals surface area contributed by atoms with Crippen LogP contribution in [0.2, 0.25) is 0 Å². The Balaban J connectivity index is 1.72. The third-order valence-corrected chi connectivity index (χ3v) is 3.19. The summed E-state index contributed by atoms with van der Waals surface area (Å²) < 4.78 is 4.72. The van der Waals surface area contributed by atoms with Crippen molar-refractivity contribution in [3.8, 4) is 6.07 Å². The van der Waals surface area contributed by atoms with E-state index in [0.717, 1.165) is 36.2 Å². The van der Waals surface area contributed by atoms with Gasteiger partial charge in [-0.1, -0.05) is 28.5 Å². The lowest BCUT2D eigenvalue weighted by atomic mass is 9.99. The number of rotatable bonds is 3. The Morgan fingerprint density at radius 1 is 1.30 bits per heavy atom. The van der Waals surface area contributed by atoms with Crippen LogP contribution in [-0.4, -0.2) is 16.0 Å². The van der Waals surface area contributed by atoms with Gasteiger partial charge in [-0.3, -0.25) is 0 Å². The van der Waals surface area contributed by atoms with E-state index in [1.165, 1.54) is 0 Å². The second-order valence-corrected chi connectivity index (χ2v) is 4.49. The highest BCUT2D eigenvalue weighted by atomic mass is 16.6. The second kappa shape index (κ2) is 5.53. The van der Waals surface area contributed by atoms with Gasteiger partial charge >= 0.3 is 0 Å². The van der Waals surface area contributed by atoms with E-state index in [2.05, 4.69) is 21.5 Å². The first-order chi connectivity index (χ1) is 9.88. The highest BCUT2D eigenvalue weighted by Crippen LogP contribution is 2.18. The molecule has 3 rings (SSSR count). The number of benzene rings is 1. The molecule has 1 aliphatic carbocycles. The van der Waals surface area contributed by atoms with Gasteiger partial charge in [-0.2, -0.15) is 5.26 Å². The normalized spacial score (nSPS) is 15.7. The minimum absolute atomic E-state index is 0.258. The van der Waals surface area contributed by atoms with E-state index < -0.39 is 0 Å². The van der Waals surface area contributed by atoms with Crippen LogP contribution in [-0.2, 0) is 17.9 Å². The molecule has 0 unspecified atom stereocenters. The molecule has 1 aromatic carbocycles. The van der Waals surface area contributed by atoms with Crippen LogP contribution in [0.15, 0.2) is 34.1 Å². The van der Waals surface area contributed by atoms with Crippen molar-refractivity contribution >= 4 is 5.71 Å². The van der Waals surface area contributed by atoms with E-state index in [1.54, 1.807) is 6.07 Å². The lowest BCUT2D eigenvalue weighted by Crippen LogP contribution is -2.12. The molecule has 0 amide bonds. The molecule has 6 heteroatoms. The molecule has 0 saturated heterocycles. The summed E-state index contributed by atoms with van der Waals surface area (Å²) >= 11 is 0. The summed E-state index contributed by atoms with van der Waals surface area (Å²) in [5.74, 6) is 0. The monoisotopic (exact) mass is 268 g/mol. The minimum atomic E-state index is 0.258. The summed E-state index contributed by atoms with van der Waals surface area (Å²) in [5, 5.41) is 20.8. The molecule has 0 aliphatic heterocycles. The molecule has 20 heavy (non-hydrogen) atoms. The first kappa shape index (κ1) is 12.4. The largest absolute Gasteiger partial charge is 0.391 e. The topological polar surface area (TPSA) is 84.3 Å². The Kier molecular flexibility index (Phi) is 3.42. The van der Waals surface area contributed by atoms with Gasteiger partial charge in [-0.15, -0.1) is 0 Å². The SMILES string of the molecule is N#Cc1ccccc1CO/N=C1\CCCc2nonc21. The summed E-state index contributed by atoms with van der Waals surface area (Å²) in [7, 11) is 0. The van der Waals surface area contributed by atoms with Crippen LogP contribution in [0, 0.1) is 11.3 Å². The lowest BCUT2D eigenvalue weighted by Gasteiger charge is -2.09. The predicted molar refractivity (Wildman–Crippen MR) is 69.7 cm³/mol. The molecule has 1 heterocycles. The molecule has 0 N–H and O–H groups in total. The van der Waals surface area contributed by atoms with E-state index in [9.17, 15) is 0 Å². The molecular formula is C14H12N4O2. The molecule has 0 bridgehead atoms. The number of hydrogen-bond donors (Lipinski definition) is 0. The van der Waals surface area contributed by atoms with E-state index in [-0.39, 0.29) is 6.61 Å². The van der Waals surface area contributed by atoms with Gasteiger partial charge in [0.2, 0.25) is 0 Å². The molecule has 2 aromatic rings. The summed E-state index contributed by atoms with van der Waals surface area (Å²) in [4.78, 5) is 5.36. The quantitative estimate of drug-likeness (QED) is 0.797. The van der Waals surface area contributed by atoms with Gasteiger partial charge in [0.25, 0.3) is 0 Å². The predicted octanol–water partition coefficient (Wildman–Crippen LogP) is 2.20. The fourth-order valence-corrected chi connectivity index (χ4v) is 2.16. The van der Waals surface area contributed by atoms with E-state index in [4.69, 9.17) is 14.7 Å². The van der Waals surface area contributed by atoms with Crippen LogP contribution in [0.1, 0.15) is 35.4 Å². The maximum Gasteiger partial charge on any atom is 0.155 e. The number of nitriles is 1. The van der Waals surface area contributed by atoms with Crippen LogP contribution in [0.5, 0.6) is 0 Å². The van der Waals surface area contributed by atoms with E-state index in [0.29, 0.717) is 11.3 Å². The van der Waals surface area contributed by atoms with Gasteiger partial charge in [0, 0.05) is 5.56 Å². The number of aromatic nitrogens is 2. The Bertz CT molecular complexity index is 684. The Hall–Kier alpha value is -2.68. The van der Waals surface area contributed by atoms with Crippen molar-refractivity contribution in [2.75, 3.05) is 0 Å². The second-order valence-electron chi connectivity index (χ2n) is 4.49. The molecule has 1 aromatic heterocycles. The van der Waals surface area contributed by atoms with Crippen LogP contribution >= 0.6 is 0 Å². The van der Waals surface area contributed by atoms with Gasteiger partial charge in [0.15, 0.2) is 5.69 Å². The lowest BCUT2D eigenvalue weighted by molar-refractivity contribution is 0.129. The van der Waals surface area contributed by atoms with Crippen molar-refractivity contribution in [3.05, 3.63) is 46.8 Å². The fourth-order valence-electron chi connectivity index (χ4n) is 2.16. The highest BCUT2D eigenvalue weighted by Gasteiger charge is 2.21. The highest BCUT2D eigenvalue weighted by molar-refractivity contribution is 6.00. The summed E-state index contributed by atoms with van der Waals surface area (Å²) in [6, 6.07) is 9.43. The van der Waals surface area contributed by atoms with Crippen LogP contribution < -0.4 is 0 Å². The molecular weight excluding hydrogens is 256 g/mol. The van der Waals surface area contributed by atoms with Crippen LogP contribution in [0.3, 0.4) is 0 Å². The molecule has 0 saturated carbocycles. The van der Waals surface area contributed by atoms with Crippen molar-refractivity contribution in [2.45, 2.75) is 25.9 Å². The standard InChI is InChI=1S/C14H12N4O2/c15-8-10-4-1-2-5-11(10)9-19-16-12-6-3-7-13-14(12)18-20-17-13/h1-2,4-5H,3,6-7,9H2/b16-12+. The Morgan fingerprint density at radius 2 is 2.20 bits per heavy atom. The maximum absolute atomic E-state index is 9.00. The van der Waals surface area contributed by atoms with Crippen molar-refractivity contribution in [1.29, 1.82) is 5.26 Å². The van der Waals surface area contributed by atoms with E-state index in [1.807, 2.05) is 18.2 Å². The molecule has 0 spiro atoms. The first-order valence-corrected chi connectivity index (χ1v) is 6.37. The minimum Gasteiger partial charge on any atom is -0.391 e. The molecule has 100 valence electrons.